The van der Waals surface area contributed by atoms with Crippen molar-refractivity contribution < 1.29 is 74.0 Å². The van der Waals surface area contributed by atoms with Crippen molar-refractivity contribution in [2.45, 2.75) is 43.6 Å². The fraction of sp³-hybridized carbons (Fsp3) is 0.478. The number of hydrogen-bond acceptors (Lipinski definition) is 9. The predicted octanol–water partition coefficient (Wildman–Crippen LogP) is 3.11. The molecule has 2 saturated heterocycles. The third-order valence-corrected chi connectivity index (χ3v) is 5.38. The summed E-state index contributed by atoms with van der Waals surface area (Å²) in [7, 11) is 0. The minimum atomic E-state index is -5.08. The quantitative estimate of drug-likeness (QED) is 0.414. The molecule has 246 valence electrons. The van der Waals surface area contributed by atoms with Gasteiger partial charge in [0.2, 0.25) is 0 Å². The zero-order valence-electron chi connectivity index (χ0n) is 22.1. The Morgan fingerprint density at radius 1 is 0.773 bits per heavy atom. The molecule has 2 aromatic rings. The van der Waals surface area contributed by atoms with E-state index in [4.69, 9.17) is 34.4 Å². The zero-order valence-corrected chi connectivity index (χ0v) is 22.1. The summed E-state index contributed by atoms with van der Waals surface area (Å²) in [4.78, 5) is 43.9. The van der Waals surface area contributed by atoms with E-state index in [0.29, 0.717) is 6.04 Å². The lowest BCUT2D eigenvalue weighted by Crippen LogP contribution is -2.49. The third-order valence-electron chi connectivity index (χ3n) is 5.38. The number of carboxylic acid groups (broad SMARTS) is 3. The van der Waals surface area contributed by atoms with E-state index in [1.165, 1.54) is 11.9 Å². The molecule has 2 aliphatic rings. The topological polar surface area (TPSA) is 166 Å². The SMILES string of the molecule is O=C(O)C(F)(F)F.O=C(O)C(F)(F)F.O=C(O)C(F)(F)F.c1cc(CN2CCN3CC(Oc4cncnc4)CC3C2)ccn1. The molecule has 3 N–H and O–H groups in total. The Kier molecular flexibility index (Phi) is 14.2. The molecular formula is C23H24F9N5O7. The number of alkyl halides is 9. The summed E-state index contributed by atoms with van der Waals surface area (Å²) in [6, 6.07) is 4.78. The van der Waals surface area contributed by atoms with Crippen LogP contribution in [0.5, 0.6) is 5.75 Å². The molecule has 21 heteroatoms. The number of piperazine rings is 1. The molecule has 2 aliphatic heterocycles. The molecule has 2 aromatic heterocycles. The number of aliphatic carboxylic acids is 3. The summed E-state index contributed by atoms with van der Waals surface area (Å²) < 4.78 is 101. The Hall–Kier alpha value is -4.27. The van der Waals surface area contributed by atoms with Crippen LogP contribution in [0.25, 0.3) is 0 Å². The Morgan fingerprint density at radius 3 is 1.66 bits per heavy atom. The van der Waals surface area contributed by atoms with Gasteiger partial charge in [0.1, 0.15) is 12.4 Å². The number of pyridine rings is 1. The Morgan fingerprint density at radius 2 is 1.23 bits per heavy atom. The highest BCUT2D eigenvalue weighted by molar-refractivity contribution is 5.73. The van der Waals surface area contributed by atoms with Crippen LogP contribution in [0.2, 0.25) is 0 Å². The third kappa shape index (κ3) is 14.8. The fourth-order valence-electron chi connectivity index (χ4n) is 3.57. The Balaban J connectivity index is 0.000000379. The fourth-order valence-corrected chi connectivity index (χ4v) is 3.57. The molecule has 0 amide bonds. The van der Waals surface area contributed by atoms with E-state index >= 15 is 0 Å². The van der Waals surface area contributed by atoms with E-state index in [1.54, 1.807) is 12.4 Å². The second-order valence-electron chi connectivity index (χ2n) is 8.70. The molecule has 4 rings (SSSR count). The maximum absolute atomic E-state index is 10.6. The highest BCUT2D eigenvalue weighted by Crippen LogP contribution is 2.26. The average molecular weight is 653 g/mol. The van der Waals surface area contributed by atoms with E-state index < -0.39 is 36.4 Å². The molecule has 2 unspecified atom stereocenters. The number of hydrogen-bond donors (Lipinski definition) is 3. The van der Waals surface area contributed by atoms with Gasteiger partial charge in [-0.05, 0) is 17.7 Å². The number of rotatable bonds is 4. The Labute approximate surface area is 241 Å². The van der Waals surface area contributed by atoms with Crippen molar-refractivity contribution >= 4 is 17.9 Å². The van der Waals surface area contributed by atoms with Crippen molar-refractivity contribution in [1.82, 2.24) is 24.8 Å². The van der Waals surface area contributed by atoms with Crippen LogP contribution in [-0.4, -0.2) is 115 Å². The number of carboxylic acids is 3. The van der Waals surface area contributed by atoms with Crippen LogP contribution in [0.3, 0.4) is 0 Å². The molecule has 0 radical (unpaired) electrons. The van der Waals surface area contributed by atoms with Gasteiger partial charge in [0.05, 0.1) is 12.4 Å². The molecule has 2 atom stereocenters. The Bertz CT molecular complexity index is 1090. The summed E-state index contributed by atoms with van der Waals surface area (Å²) in [5.74, 6) is -7.50. The summed E-state index contributed by atoms with van der Waals surface area (Å²) in [6.45, 7) is 5.34. The van der Waals surface area contributed by atoms with Crippen LogP contribution in [0, 0.1) is 0 Å². The second kappa shape index (κ2) is 16.5. The lowest BCUT2D eigenvalue weighted by Gasteiger charge is -2.37. The normalized spacial score (nSPS) is 18.6. The van der Waals surface area contributed by atoms with Crippen molar-refractivity contribution in [1.29, 1.82) is 0 Å². The first-order chi connectivity index (χ1) is 20.2. The van der Waals surface area contributed by atoms with Gasteiger partial charge in [-0.15, -0.1) is 0 Å². The van der Waals surface area contributed by atoms with Crippen LogP contribution >= 0.6 is 0 Å². The van der Waals surface area contributed by atoms with Gasteiger partial charge in [-0.1, -0.05) is 0 Å². The van der Waals surface area contributed by atoms with Gasteiger partial charge in [-0.2, -0.15) is 39.5 Å². The van der Waals surface area contributed by atoms with Crippen LogP contribution in [-0.2, 0) is 20.9 Å². The smallest absolute Gasteiger partial charge is 0.486 e. The molecule has 0 bridgehead atoms. The first-order valence-electron chi connectivity index (χ1n) is 11.9. The molecule has 0 spiro atoms. The molecular weight excluding hydrogens is 629 g/mol. The molecule has 12 nitrogen and oxygen atoms in total. The van der Waals surface area contributed by atoms with E-state index in [-0.39, 0.29) is 6.10 Å². The summed E-state index contributed by atoms with van der Waals surface area (Å²) >= 11 is 0. The number of aromatic nitrogens is 3. The number of fused-ring (bicyclic) bond motifs is 1. The number of carbonyl (C=O) groups is 3. The molecule has 0 aliphatic carbocycles. The van der Waals surface area contributed by atoms with Gasteiger partial charge in [-0.25, -0.2) is 24.4 Å². The minimum absolute atomic E-state index is 0.242. The molecule has 0 saturated carbocycles. The number of halogens is 9. The molecule has 0 aromatic carbocycles. The summed E-state index contributed by atoms with van der Waals surface area (Å²) in [6.07, 6.45) is -5.20. The van der Waals surface area contributed by atoms with Crippen molar-refractivity contribution in [3.63, 3.8) is 0 Å². The van der Waals surface area contributed by atoms with Gasteiger partial charge in [0.15, 0.2) is 5.75 Å². The van der Waals surface area contributed by atoms with E-state index in [2.05, 4.69) is 36.9 Å². The average Bonchev–Trinajstić information content (AvgIpc) is 3.31. The highest BCUT2D eigenvalue weighted by Gasteiger charge is 2.40. The lowest BCUT2D eigenvalue weighted by atomic mass is 10.1. The maximum Gasteiger partial charge on any atom is 0.490 e. The van der Waals surface area contributed by atoms with Crippen LogP contribution in [0.1, 0.15) is 12.0 Å². The van der Waals surface area contributed by atoms with Crippen molar-refractivity contribution in [2.75, 3.05) is 26.2 Å². The predicted molar refractivity (Wildman–Crippen MR) is 127 cm³/mol. The van der Waals surface area contributed by atoms with Gasteiger partial charge < -0.3 is 20.1 Å². The van der Waals surface area contributed by atoms with Crippen molar-refractivity contribution in [3.8, 4) is 5.75 Å². The van der Waals surface area contributed by atoms with Gasteiger partial charge >= 0.3 is 36.4 Å². The maximum atomic E-state index is 10.6. The standard InChI is InChI=1S/C17H21N5O.3C2HF3O2/c1-3-18-4-2-14(1)10-21-5-6-22-12-16(7-15(22)11-21)23-17-8-19-13-20-9-17;3*3-2(4,5)1(6)7/h1-4,8-9,13,15-16H,5-7,10-12H2;3*(H,6,7). The van der Waals surface area contributed by atoms with Crippen LogP contribution < -0.4 is 4.74 Å². The zero-order chi connectivity index (χ0) is 33.7. The number of nitrogens with zero attached hydrogens (tertiary/aromatic N) is 5. The van der Waals surface area contributed by atoms with E-state index in [0.717, 1.165) is 44.9 Å². The molecule has 2 fully saturated rings. The van der Waals surface area contributed by atoms with Gasteiger partial charge in [0.25, 0.3) is 0 Å². The largest absolute Gasteiger partial charge is 0.490 e. The summed E-state index contributed by atoms with van der Waals surface area (Å²) in [5.41, 5.74) is 1.33. The monoisotopic (exact) mass is 653 g/mol. The number of ether oxygens (including phenoxy) is 1. The van der Waals surface area contributed by atoms with Crippen molar-refractivity contribution in [3.05, 3.63) is 48.8 Å². The van der Waals surface area contributed by atoms with E-state index in [9.17, 15) is 39.5 Å². The second-order valence-corrected chi connectivity index (χ2v) is 8.70. The molecule has 44 heavy (non-hydrogen) atoms. The minimum Gasteiger partial charge on any atom is -0.486 e. The first-order valence-corrected chi connectivity index (χ1v) is 11.9. The highest BCUT2D eigenvalue weighted by atomic mass is 19.4. The summed E-state index contributed by atoms with van der Waals surface area (Å²) in [5, 5.41) is 21.4. The molecule has 4 heterocycles. The lowest BCUT2D eigenvalue weighted by molar-refractivity contribution is -0.193. The van der Waals surface area contributed by atoms with Gasteiger partial charge in [0, 0.05) is 57.6 Å². The van der Waals surface area contributed by atoms with Crippen LogP contribution in [0.15, 0.2) is 43.2 Å². The van der Waals surface area contributed by atoms with Gasteiger partial charge in [-0.3, -0.25) is 14.8 Å². The van der Waals surface area contributed by atoms with E-state index in [1.807, 2.05) is 12.4 Å². The van der Waals surface area contributed by atoms with Crippen molar-refractivity contribution in [2.24, 2.45) is 0 Å². The first kappa shape index (κ1) is 37.8. The van der Waals surface area contributed by atoms with Crippen LogP contribution in [0.4, 0.5) is 39.5 Å².